The molecule has 3 rings (SSSR count). The van der Waals surface area contributed by atoms with Crippen LogP contribution in [0, 0.1) is 5.92 Å². The number of ether oxygens (including phenoxy) is 4. The topological polar surface area (TPSA) is 52.7 Å². The second-order valence-electron chi connectivity index (χ2n) is 9.56. The molecule has 0 N–H and O–H groups in total. The summed E-state index contributed by atoms with van der Waals surface area (Å²) in [6, 6.07) is 8.19. The molecule has 2 fully saturated rings. The van der Waals surface area contributed by atoms with Crippen molar-refractivity contribution in [3.05, 3.63) is 29.8 Å². The van der Waals surface area contributed by atoms with E-state index in [1.54, 1.807) is 14.2 Å². The van der Waals surface area contributed by atoms with Gasteiger partial charge in [-0.15, -0.1) is 0 Å². The highest BCUT2D eigenvalue weighted by Gasteiger charge is 2.61. The first-order chi connectivity index (χ1) is 14.7. The van der Waals surface area contributed by atoms with Gasteiger partial charge in [-0.2, -0.15) is 5.06 Å². The molecule has 0 radical (unpaired) electrons. The zero-order chi connectivity index (χ0) is 22.9. The van der Waals surface area contributed by atoms with Crippen LogP contribution in [0.25, 0.3) is 0 Å². The lowest BCUT2D eigenvalue weighted by Gasteiger charge is -2.62. The molecule has 6 nitrogen and oxygen atoms in total. The highest BCUT2D eigenvalue weighted by Crippen LogP contribution is 2.52. The molecule has 2 aliphatic heterocycles. The molecule has 2 saturated heterocycles. The van der Waals surface area contributed by atoms with Crippen molar-refractivity contribution < 1.29 is 23.8 Å². The van der Waals surface area contributed by atoms with E-state index in [-0.39, 0.29) is 29.2 Å². The number of nitrogens with zero attached hydrogens (tertiary/aromatic N) is 1. The van der Waals surface area contributed by atoms with Crippen LogP contribution in [-0.2, 0) is 19.0 Å². The van der Waals surface area contributed by atoms with Gasteiger partial charge in [0.2, 0.25) is 0 Å². The molecular weight excluding hydrogens is 394 g/mol. The molecule has 0 amide bonds. The molecule has 176 valence electrons. The van der Waals surface area contributed by atoms with Gasteiger partial charge in [-0.3, -0.25) is 4.84 Å². The highest BCUT2D eigenvalue weighted by molar-refractivity contribution is 5.28. The lowest BCUT2D eigenvalue weighted by molar-refractivity contribution is -0.388. The van der Waals surface area contributed by atoms with Gasteiger partial charge in [-0.25, -0.2) is 0 Å². The van der Waals surface area contributed by atoms with Crippen LogP contribution in [0.2, 0.25) is 0 Å². The van der Waals surface area contributed by atoms with E-state index in [1.807, 2.05) is 12.1 Å². The fourth-order valence-corrected chi connectivity index (χ4v) is 4.98. The first-order valence-corrected chi connectivity index (χ1v) is 11.6. The third-order valence-electron chi connectivity index (χ3n) is 7.79. The average molecular weight is 436 g/mol. The average Bonchev–Trinajstić information content (AvgIpc) is 3.63. The van der Waals surface area contributed by atoms with Crippen LogP contribution in [0.4, 0.5) is 0 Å². The maximum Gasteiger partial charge on any atom is 0.173 e. The molecule has 0 bridgehead atoms. The molecule has 1 aromatic carbocycles. The first-order valence-electron chi connectivity index (χ1n) is 11.6. The smallest absolute Gasteiger partial charge is 0.173 e. The van der Waals surface area contributed by atoms with Gasteiger partial charge in [0.25, 0.3) is 0 Å². The molecule has 0 aromatic heterocycles. The van der Waals surface area contributed by atoms with Crippen LogP contribution in [0.15, 0.2) is 24.3 Å². The third kappa shape index (κ3) is 4.64. The van der Waals surface area contributed by atoms with Crippen molar-refractivity contribution in [1.82, 2.24) is 5.06 Å². The Labute approximate surface area is 188 Å². The second-order valence-corrected chi connectivity index (χ2v) is 9.56. The Balaban J connectivity index is 1.81. The lowest BCUT2D eigenvalue weighted by atomic mass is 9.67. The second kappa shape index (κ2) is 9.36. The largest absolute Gasteiger partial charge is 0.491 e. The number of hydrogen-bond donors (Lipinski definition) is 0. The first kappa shape index (κ1) is 24.5. The van der Waals surface area contributed by atoms with Crippen molar-refractivity contribution in [3.8, 4) is 5.75 Å². The van der Waals surface area contributed by atoms with Crippen LogP contribution in [0.3, 0.4) is 0 Å². The predicted octanol–water partition coefficient (Wildman–Crippen LogP) is 5.13. The molecule has 2 heterocycles. The fraction of sp³-hybridized carbons (Fsp3) is 0.760. The van der Waals surface area contributed by atoms with Crippen molar-refractivity contribution in [2.75, 3.05) is 27.4 Å². The third-order valence-corrected chi connectivity index (χ3v) is 7.79. The molecule has 5 unspecified atom stereocenters. The van der Waals surface area contributed by atoms with Crippen LogP contribution >= 0.6 is 0 Å². The molecular formula is C25H41NO5. The zero-order valence-corrected chi connectivity index (χ0v) is 20.6. The van der Waals surface area contributed by atoms with Gasteiger partial charge in [0.05, 0.1) is 12.1 Å². The van der Waals surface area contributed by atoms with Gasteiger partial charge in [-0.05, 0) is 51.3 Å². The van der Waals surface area contributed by atoms with E-state index < -0.39 is 5.79 Å². The Morgan fingerprint density at radius 2 is 1.71 bits per heavy atom. The van der Waals surface area contributed by atoms with E-state index >= 15 is 0 Å². The highest BCUT2D eigenvalue weighted by atomic mass is 16.7. The van der Waals surface area contributed by atoms with Gasteiger partial charge < -0.3 is 18.9 Å². The molecule has 0 saturated carbocycles. The summed E-state index contributed by atoms with van der Waals surface area (Å²) < 4.78 is 23.0. The van der Waals surface area contributed by atoms with E-state index in [2.05, 4.69) is 58.7 Å². The normalized spacial score (nSPS) is 33.8. The summed E-state index contributed by atoms with van der Waals surface area (Å²) in [7, 11) is 3.51. The summed E-state index contributed by atoms with van der Waals surface area (Å²) in [5.41, 5.74) is 0.636. The van der Waals surface area contributed by atoms with E-state index in [4.69, 9.17) is 23.8 Å². The van der Waals surface area contributed by atoms with Gasteiger partial charge in [-0.1, -0.05) is 32.9 Å². The van der Waals surface area contributed by atoms with Crippen molar-refractivity contribution in [2.24, 2.45) is 5.92 Å². The molecule has 2 aliphatic rings. The van der Waals surface area contributed by atoms with Crippen LogP contribution in [0.5, 0.6) is 5.75 Å². The maximum absolute atomic E-state index is 6.75. The number of epoxide rings is 1. The van der Waals surface area contributed by atoms with Crippen LogP contribution < -0.4 is 4.74 Å². The van der Waals surface area contributed by atoms with Gasteiger partial charge in [0.1, 0.15) is 24.6 Å². The van der Waals surface area contributed by atoms with Gasteiger partial charge in [0.15, 0.2) is 5.79 Å². The standard InChI is InChI=1S/C25H41NO5/c1-9-23(5)17-25(27-7,28-8)19(4)24(6,10-2)26(23)31-18(3)20-11-13-21(14-12-20)29-15-22-16-30-22/h11-14,18-19,22H,9-10,15-17H2,1-8H3. The number of hydroxylamine groups is 2. The Kier molecular flexibility index (Phi) is 7.38. The fourth-order valence-electron chi connectivity index (χ4n) is 4.98. The monoisotopic (exact) mass is 435 g/mol. The van der Waals surface area contributed by atoms with E-state index in [0.717, 1.165) is 37.2 Å². The van der Waals surface area contributed by atoms with Crippen molar-refractivity contribution in [3.63, 3.8) is 0 Å². The minimum atomic E-state index is -0.636. The van der Waals surface area contributed by atoms with Crippen LogP contribution in [-0.4, -0.2) is 55.5 Å². The zero-order valence-electron chi connectivity index (χ0n) is 20.6. The number of benzene rings is 1. The quantitative estimate of drug-likeness (QED) is 0.375. The summed E-state index contributed by atoms with van der Waals surface area (Å²) >= 11 is 0. The Bertz CT molecular complexity index is 717. The number of hydrogen-bond acceptors (Lipinski definition) is 6. The van der Waals surface area contributed by atoms with E-state index in [0.29, 0.717) is 6.61 Å². The maximum atomic E-state index is 6.75. The number of piperidine rings is 1. The van der Waals surface area contributed by atoms with Crippen molar-refractivity contribution >= 4 is 0 Å². The molecule has 0 spiro atoms. The van der Waals surface area contributed by atoms with Crippen molar-refractivity contribution in [2.45, 2.75) is 89.9 Å². The van der Waals surface area contributed by atoms with Gasteiger partial charge in [0, 0.05) is 32.1 Å². The minimum Gasteiger partial charge on any atom is -0.491 e. The molecule has 0 aliphatic carbocycles. The summed E-state index contributed by atoms with van der Waals surface area (Å²) in [5, 5.41) is 2.25. The van der Waals surface area contributed by atoms with E-state index in [1.165, 1.54) is 0 Å². The van der Waals surface area contributed by atoms with E-state index in [9.17, 15) is 0 Å². The Morgan fingerprint density at radius 1 is 1.10 bits per heavy atom. The number of methoxy groups -OCH3 is 2. The number of rotatable bonds is 10. The summed E-state index contributed by atoms with van der Waals surface area (Å²) in [6.07, 6.45) is 2.74. The molecule has 1 aromatic rings. The summed E-state index contributed by atoms with van der Waals surface area (Å²) in [6.45, 7) is 14.7. The summed E-state index contributed by atoms with van der Waals surface area (Å²) in [5.74, 6) is 0.343. The molecule has 6 heteroatoms. The Morgan fingerprint density at radius 3 is 2.19 bits per heavy atom. The van der Waals surface area contributed by atoms with Gasteiger partial charge >= 0.3 is 0 Å². The summed E-state index contributed by atoms with van der Waals surface area (Å²) in [4.78, 5) is 6.75. The Hall–Kier alpha value is -1.18. The molecule has 31 heavy (non-hydrogen) atoms. The molecule has 5 atom stereocenters. The predicted molar refractivity (Wildman–Crippen MR) is 121 cm³/mol. The SMILES string of the molecule is CCC1(C)CC(OC)(OC)C(C)C(C)(CC)N1OC(C)c1ccc(OCC2CO2)cc1. The minimum absolute atomic E-state index is 0.0950. The van der Waals surface area contributed by atoms with Crippen molar-refractivity contribution in [1.29, 1.82) is 0 Å². The van der Waals surface area contributed by atoms with Crippen LogP contribution in [0.1, 0.15) is 72.5 Å². The lowest BCUT2D eigenvalue weighted by Crippen LogP contribution is -2.72.